The van der Waals surface area contributed by atoms with Gasteiger partial charge in [0.15, 0.2) is 0 Å². The number of aromatic nitrogens is 1. The molecule has 7 heteroatoms. The van der Waals surface area contributed by atoms with Crippen LogP contribution < -0.4 is 5.32 Å². The molecule has 1 atom stereocenters. The van der Waals surface area contributed by atoms with Gasteiger partial charge in [0.25, 0.3) is 5.91 Å². The first-order chi connectivity index (χ1) is 13.5. The summed E-state index contributed by atoms with van der Waals surface area (Å²) in [5, 5.41) is 4.69. The third-order valence-electron chi connectivity index (χ3n) is 5.29. The number of hydrogen-bond acceptors (Lipinski definition) is 4. The number of amides is 1. The maximum atomic E-state index is 12.7. The molecule has 1 aromatic carbocycles. The number of rotatable bonds is 7. The molecule has 0 spiro atoms. The van der Waals surface area contributed by atoms with Crippen LogP contribution in [-0.4, -0.2) is 41.5 Å². The highest BCUT2D eigenvalue weighted by Gasteiger charge is 2.19. The summed E-state index contributed by atoms with van der Waals surface area (Å²) in [6.07, 6.45) is 4.91. The van der Waals surface area contributed by atoms with E-state index in [-0.39, 0.29) is 5.91 Å². The summed E-state index contributed by atoms with van der Waals surface area (Å²) < 4.78 is 0.850. The third-order valence-corrected chi connectivity index (χ3v) is 7.54. The van der Waals surface area contributed by atoms with E-state index < -0.39 is 0 Å². The van der Waals surface area contributed by atoms with Crippen LogP contribution in [0.5, 0.6) is 0 Å². The van der Waals surface area contributed by atoms with Crippen molar-refractivity contribution < 1.29 is 4.79 Å². The van der Waals surface area contributed by atoms with Crippen molar-refractivity contribution in [3.63, 3.8) is 0 Å². The zero-order chi connectivity index (χ0) is 20.1. The van der Waals surface area contributed by atoms with Crippen molar-refractivity contribution in [3.8, 4) is 10.6 Å². The van der Waals surface area contributed by atoms with Gasteiger partial charge in [0.1, 0.15) is 9.88 Å². The minimum atomic E-state index is -0.0158. The Labute approximate surface area is 190 Å². The van der Waals surface area contributed by atoms with Gasteiger partial charge in [-0.1, -0.05) is 46.7 Å². The van der Waals surface area contributed by atoms with Crippen molar-refractivity contribution >= 4 is 51.4 Å². The van der Waals surface area contributed by atoms with Crippen LogP contribution in [0.4, 0.5) is 0 Å². The van der Waals surface area contributed by atoms with Crippen molar-refractivity contribution in [1.82, 2.24) is 15.2 Å². The Morgan fingerprint density at radius 2 is 2.25 bits per heavy atom. The van der Waals surface area contributed by atoms with Crippen LogP contribution in [0.25, 0.3) is 10.6 Å². The lowest BCUT2D eigenvalue weighted by molar-refractivity contribution is 0.0952. The fourth-order valence-corrected chi connectivity index (χ4v) is 5.53. The molecule has 1 N–H and O–H groups in total. The monoisotopic (exact) mass is 531 g/mol. The molecule has 1 fully saturated rings. The number of benzene rings is 1. The van der Waals surface area contributed by atoms with Gasteiger partial charge in [-0.05, 0) is 57.4 Å². The molecule has 2 aromatic rings. The van der Waals surface area contributed by atoms with E-state index in [9.17, 15) is 4.79 Å². The number of piperidine rings is 1. The highest BCUT2D eigenvalue weighted by molar-refractivity contribution is 14.1. The molecule has 0 saturated carbocycles. The lowest BCUT2D eigenvalue weighted by Gasteiger charge is -2.33. The zero-order valence-electron chi connectivity index (χ0n) is 16.4. The quantitative estimate of drug-likeness (QED) is 0.283. The van der Waals surface area contributed by atoms with Gasteiger partial charge >= 0.3 is 0 Å². The molecular formula is C21H27ClIN3OS. The van der Waals surface area contributed by atoms with E-state index in [1.54, 1.807) is 0 Å². The molecule has 1 aromatic heterocycles. The summed E-state index contributed by atoms with van der Waals surface area (Å²) in [5.41, 5.74) is 2.99. The number of thiazole rings is 1. The summed E-state index contributed by atoms with van der Waals surface area (Å²) in [7, 11) is 0. The van der Waals surface area contributed by atoms with Crippen LogP contribution in [0.15, 0.2) is 18.2 Å². The van der Waals surface area contributed by atoms with Gasteiger partial charge in [0.2, 0.25) is 0 Å². The van der Waals surface area contributed by atoms with E-state index in [4.69, 9.17) is 11.6 Å². The Morgan fingerprint density at radius 3 is 3.00 bits per heavy atom. The second-order valence-electron chi connectivity index (χ2n) is 7.36. The van der Waals surface area contributed by atoms with Crippen LogP contribution in [0.2, 0.25) is 5.02 Å². The van der Waals surface area contributed by atoms with Crippen molar-refractivity contribution in [1.29, 1.82) is 0 Å². The molecule has 2 heterocycles. The first kappa shape index (κ1) is 22.0. The van der Waals surface area contributed by atoms with Crippen molar-refractivity contribution in [2.75, 3.05) is 19.6 Å². The number of hydrogen-bond donors (Lipinski definition) is 1. The van der Waals surface area contributed by atoms with Crippen LogP contribution in [0, 0.1) is 6.92 Å². The van der Waals surface area contributed by atoms with Crippen LogP contribution in [0.3, 0.4) is 0 Å². The number of halogens is 2. The number of carbonyl (C=O) groups excluding carboxylic acids is 1. The molecule has 1 aliphatic rings. The van der Waals surface area contributed by atoms with Crippen LogP contribution >= 0.6 is 45.5 Å². The number of alkyl halides is 1. The van der Waals surface area contributed by atoms with Gasteiger partial charge in [0.05, 0.1) is 5.69 Å². The number of likely N-dealkylation sites (tertiary alicyclic amines) is 1. The molecule has 4 nitrogen and oxygen atoms in total. The summed E-state index contributed by atoms with van der Waals surface area (Å²) in [6.45, 7) is 7.16. The molecule has 0 aliphatic carbocycles. The van der Waals surface area contributed by atoms with E-state index in [0.29, 0.717) is 17.5 Å². The van der Waals surface area contributed by atoms with Crippen molar-refractivity contribution in [2.24, 2.45) is 0 Å². The normalized spacial score (nSPS) is 17.6. The predicted octanol–water partition coefficient (Wildman–Crippen LogP) is 5.70. The predicted molar refractivity (Wildman–Crippen MR) is 127 cm³/mol. The minimum absolute atomic E-state index is 0.0158. The molecule has 1 saturated heterocycles. The SMILES string of the molecule is Cc1nc(-c2ccc(Cl)cc2CI)sc1C(=O)NCCCN1CCCCC1C. The fourth-order valence-electron chi connectivity index (χ4n) is 3.66. The number of aryl methyl sites for hydroxylation is 1. The first-order valence-corrected chi connectivity index (χ1v) is 12.6. The number of nitrogens with one attached hydrogen (secondary N) is 1. The molecule has 1 amide bonds. The Kier molecular flexibility index (Phi) is 8.14. The minimum Gasteiger partial charge on any atom is -0.351 e. The van der Waals surface area contributed by atoms with Crippen molar-refractivity contribution in [2.45, 2.75) is 50.0 Å². The first-order valence-electron chi connectivity index (χ1n) is 9.84. The van der Waals surface area contributed by atoms with Crippen molar-refractivity contribution in [3.05, 3.63) is 39.4 Å². The van der Waals surface area contributed by atoms with E-state index in [0.717, 1.165) is 44.2 Å². The van der Waals surface area contributed by atoms with E-state index in [1.807, 2.05) is 25.1 Å². The maximum Gasteiger partial charge on any atom is 0.263 e. The Morgan fingerprint density at radius 1 is 1.43 bits per heavy atom. The summed E-state index contributed by atoms with van der Waals surface area (Å²) >= 11 is 9.91. The summed E-state index contributed by atoms with van der Waals surface area (Å²) in [6, 6.07) is 6.52. The van der Waals surface area contributed by atoms with E-state index >= 15 is 0 Å². The highest BCUT2D eigenvalue weighted by atomic mass is 127. The number of nitrogens with zero attached hydrogens (tertiary/aromatic N) is 2. The van der Waals surface area contributed by atoms with Crippen LogP contribution in [-0.2, 0) is 4.43 Å². The highest BCUT2D eigenvalue weighted by Crippen LogP contribution is 2.33. The fraction of sp³-hybridized carbons (Fsp3) is 0.524. The summed E-state index contributed by atoms with van der Waals surface area (Å²) in [5.74, 6) is -0.0158. The smallest absolute Gasteiger partial charge is 0.263 e. The molecule has 0 bridgehead atoms. The van der Waals surface area contributed by atoms with Crippen LogP contribution in [0.1, 0.15) is 53.5 Å². The molecule has 3 rings (SSSR count). The molecule has 152 valence electrons. The summed E-state index contributed by atoms with van der Waals surface area (Å²) in [4.78, 5) is 20.6. The Balaban J connectivity index is 1.59. The zero-order valence-corrected chi connectivity index (χ0v) is 20.2. The maximum absolute atomic E-state index is 12.7. The second-order valence-corrected chi connectivity index (χ2v) is 9.56. The average molecular weight is 532 g/mol. The molecule has 1 aliphatic heterocycles. The Hall–Kier alpha value is -0.700. The lowest BCUT2D eigenvalue weighted by atomic mass is 10.0. The van der Waals surface area contributed by atoms with E-state index in [1.165, 1.54) is 37.1 Å². The third kappa shape index (κ3) is 5.46. The molecule has 0 radical (unpaired) electrons. The average Bonchev–Trinajstić information content (AvgIpc) is 3.07. The largest absolute Gasteiger partial charge is 0.351 e. The molecule has 1 unspecified atom stereocenters. The molecular weight excluding hydrogens is 505 g/mol. The Bertz CT molecular complexity index is 826. The van der Waals surface area contributed by atoms with Gasteiger partial charge in [0, 0.05) is 34.1 Å². The van der Waals surface area contributed by atoms with Gasteiger partial charge < -0.3 is 10.2 Å². The standard InChI is InChI=1S/C21H27ClIN3OS/c1-14-6-3-4-10-26(14)11-5-9-24-20(27)19-15(2)25-21(28-19)18-8-7-17(22)12-16(18)13-23/h7-8,12,14H,3-6,9-11,13H2,1-2H3,(H,24,27). The lowest BCUT2D eigenvalue weighted by Crippen LogP contribution is -2.39. The van der Waals surface area contributed by atoms with Gasteiger partial charge in [-0.25, -0.2) is 4.98 Å². The van der Waals surface area contributed by atoms with Gasteiger partial charge in [-0.15, -0.1) is 11.3 Å². The molecule has 28 heavy (non-hydrogen) atoms. The van der Waals surface area contributed by atoms with E-state index in [2.05, 4.69) is 44.7 Å². The van der Waals surface area contributed by atoms with Gasteiger partial charge in [-0.2, -0.15) is 0 Å². The topological polar surface area (TPSA) is 45.2 Å². The van der Waals surface area contributed by atoms with Gasteiger partial charge in [-0.3, -0.25) is 4.79 Å². The second kappa shape index (κ2) is 10.4. The number of carbonyl (C=O) groups is 1.